The monoisotopic (exact) mass is 234 g/mol. The number of rotatable bonds is 3. The summed E-state index contributed by atoms with van der Waals surface area (Å²) in [7, 11) is 0. The van der Waals surface area contributed by atoms with Crippen LogP contribution in [0, 0.1) is 22.5 Å². The Morgan fingerprint density at radius 1 is 1.47 bits per heavy atom. The fraction of sp³-hybridized carbons (Fsp3) is 0.538. The summed E-state index contributed by atoms with van der Waals surface area (Å²) >= 11 is 0. The first-order valence-corrected chi connectivity index (χ1v) is 5.80. The summed E-state index contributed by atoms with van der Waals surface area (Å²) < 4.78 is 0. The lowest BCUT2D eigenvalue weighted by atomic mass is 9.85. The van der Waals surface area contributed by atoms with Crippen molar-refractivity contribution >= 4 is 5.69 Å². The highest BCUT2D eigenvalue weighted by Crippen LogP contribution is 2.64. The first-order valence-electron chi connectivity index (χ1n) is 5.80. The molecule has 0 amide bonds. The lowest BCUT2D eigenvalue weighted by Crippen LogP contribution is -2.26. The van der Waals surface area contributed by atoms with Crippen LogP contribution in [-0.4, -0.2) is 11.5 Å². The summed E-state index contributed by atoms with van der Waals surface area (Å²) in [5.41, 5.74) is 8.25. The molecule has 92 valence electrons. The van der Waals surface area contributed by atoms with Crippen molar-refractivity contribution in [1.82, 2.24) is 0 Å². The van der Waals surface area contributed by atoms with Gasteiger partial charge in [-0.3, -0.25) is 10.1 Å². The minimum atomic E-state index is -0.345. The number of non-ortho nitro benzene ring substituents is 1. The van der Waals surface area contributed by atoms with Crippen molar-refractivity contribution in [2.45, 2.75) is 32.6 Å². The third-order valence-electron chi connectivity index (χ3n) is 4.21. The van der Waals surface area contributed by atoms with E-state index in [0.717, 1.165) is 17.5 Å². The van der Waals surface area contributed by atoms with Crippen molar-refractivity contribution in [3.63, 3.8) is 0 Å². The maximum absolute atomic E-state index is 10.8. The Morgan fingerprint density at radius 2 is 2.06 bits per heavy atom. The molecule has 1 aromatic rings. The molecule has 1 atom stereocenters. The van der Waals surface area contributed by atoms with Crippen LogP contribution in [0.3, 0.4) is 0 Å². The Balaban J connectivity index is 2.52. The van der Waals surface area contributed by atoms with Gasteiger partial charge in [-0.15, -0.1) is 0 Å². The van der Waals surface area contributed by atoms with Gasteiger partial charge in [-0.1, -0.05) is 19.9 Å². The summed E-state index contributed by atoms with van der Waals surface area (Å²) in [6.07, 6.45) is 0.999. The zero-order valence-electron chi connectivity index (χ0n) is 10.5. The molecule has 0 spiro atoms. The molecule has 0 heterocycles. The third-order valence-corrected chi connectivity index (χ3v) is 4.21. The molecule has 1 aromatic carbocycles. The number of hydrogen-bond acceptors (Lipinski definition) is 3. The molecule has 2 N–H and O–H groups in total. The van der Waals surface area contributed by atoms with Crippen molar-refractivity contribution in [1.29, 1.82) is 0 Å². The third kappa shape index (κ3) is 1.63. The van der Waals surface area contributed by atoms with Crippen molar-refractivity contribution in [3.8, 4) is 0 Å². The number of hydrogen-bond donors (Lipinski definition) is 1. The van der Waals surface area contributed by atoms with Crippen LogP contribution in [0.25, 0.3) is 0 Å². The van der Waals surface area contributed by atoms with Gasteiger partial charge in [0.2, 0.25) is 0 Å². The van der Waals surface area contributed by atoms with Crippen LogP contribution in [0.4, 0.5) is 5.69 Å². The Kier molecular flexibility index (Phi) is 2.51. The predicted octanol–water partition coefficient (Wildman–Crippen LogP) is 2.53. The molecule has 4 heteroatoms. The van der Waals surface area contributed by atoms with E-state index in [1.165, 1.54) is 0 Å². The molecule has 0 aromatic heterocycles. The number of nitro benzene ring substituents is 1. The highest BCUT2D eigenvalue weighted by atomic mass is 16.6. The fourth-order valence-electron chi connectivity index (χ4n) is 2.87. The van der Waals surface area contributed by atoms with Gasteiger partial charge in [0.05, 0.1) is 4.92 Å². The first-order chi connectivity index (χ1) is 7.84. The summed E-state index contributed by atoms with van der Waals surface area (Å²) in [6.45, 7) is 6.86. The number of nitro groups is 1. The molecule has 0 aliphatic heterocycles. The van der Waals surface area contributed by atoms with E-state index in [9.17, 15) is 10.1 Å². The van der Waals surface area contributed by atoms with Gasteiger partial charge in [0, 0.05) is 24.1 Å². The van der Waals surface area contributed by atoms with E-state index in [-0.39, 0.29) is 21.4 Å². The summed E-state index contributed by atoms with van der Waals surface area (Å²) in [6, 6.07) is 5.06. The average molecular weight is 234 g/mol. The maximum atomic E-state index is 10.8. The standard InChI is InChI=1S/C13H18N2O2/c1-9-4-5-10(15(16)17)6-11(9)13(8-14)7-12(13,2)3/h4-6H,7-8,14H2,1-3H3. The quantitative estimate of drug-likeness (QED) is 0.645. The molecular formula is C13H18N2O2. The molecule has 1 saturated carbocycles. The van der Waals surface area contributed by atoms with Crippen molar-refractivity contribution in [2.24, 2.45) is 11.1 Å². The van der Waals surface area contributed by atoms with Crippen LogP contribution in [0.15, 0.2) is 18.2 Å². The fourth-order valence-corrected chi connectivity index (χ4v) is 2.87. The number of nitrogens with two attached hydrogens (primary N) is 1. The minimum absolute atomic E-state index is 0.0803. The molecule has 1 aliphatic carbocycles. The maximum Gasteiger partial charge on any atom is 0.269 e. The van der Waals surface area contributed by atoms with E-state index >= 15 is 0 Å². The zero-order valence-corrected chi connectivity index (χ0v) is 10.5. The Morgan fingerprint density at radius 3 is 2.47 bits per heavy atom. The molecule has 0 bridgehead atoms. The highest BCUT2D eigenvalue weighted by molar-refractivity contribution is 5.48. The van der Waals surface area contributed by atoms with E-state index in [1.807, 2.05) is 13.0 Å². The Bertz CT molecular complexity index is 482. The molecule has 1 fully saturated rings. The smallest absolute Gasteiger partial charge is 0.269 e. The van der Waals surface area contributed by atoms with Crippen LogP contribution >= 0.6 is 0 Å². The predicted molar refractivity (Wildman–Crippen MR) is 67.0 cm³/mol. The van der Waals surface area contributed by atoms with Crippen LogP contribution in [0.5, 0.6) is 0 Å². The van der Waals surface area contributed by atoms with Crippen LogP contribution in [0.1, 0.15) is 31.4 Å². The lowest BCUT2D eigenvalue weighted by Gasteiger charge is -2.21. The first kappa shape index (κ1) is 12.0. The highest BCUT2D eigenvalue weighted by Gasteiger charge is 2.61. The summed E-state index contributed by atoms with van der Waals surface area (Å²) in [5.74, 6) is 0. The van der Waals surface area contributed by atoms with Gasteiger partial charge in [0.1, 0.15) is 0 Å². The second-order valence-electron chi connectivity index (χ2n) is 5.60. The summed E-state index contributed by atoms with van der Waals surface area (Å²) in [5, 5.41) is 10.8. The minimum Gasteiger partial charge on any atom is -0.330 e. The molecule has 1 aliphatic rings. The number of nitrogens with zero attached hydrogens (tertiary/aromatic N) is 1. The van der Waals surface area contributed by atoms with Crippen LogP contribution < -0.4 is 5.73 Å². The van der Waals surface area contributed by atoms with Gasteiger partial charge in [0.25, 0.3) is 5.69 Å². The number of aryl methyl sites for hydroxylation is 1. The number of benzene rings is 1. The Labute approximate surface area is 101 Å². The lowest BCUT2D eigenvalue weighted by molar-refractivity contribution is -0.385. The topological polar surface area (TPSA) is 69.2 Å². The van der Waals surface area contributed by atoms with E-state index in [2.05, 4.69) is 13.8 Å². The molecule has 0 saturated heterocycles. The van der Waals surface area contributed by atoms with Crippen molar-refractivity contribution in [3.05, 3.63) is 39.4 Å². The van der Waals surface area contributed by atoms with E-state index < -0.39 is 0 Å². The van der Waals surface area contributed by atoms with Gasteiger partial charge in [-0.25, -0.2) is 0 Å². The SMILES string of the molecule is Cc1ccc([N+](=O)[O-])cc1C1(CN)CC1(C)C. The molecule has 0 radical (unpaired) electrons. The normalized spacial score (nSPS) is 25.6. The second kappa shape index (κ2) is 3.53. The largest absolute Gasteiger partial charge is 0.330 e. The van der Waals surface area contributed by atoms with E-state index in [4.69, 9.17) is 5.73 Å². The van der Waals surface area contributed by atoms with Crippen molar-refractivity contribution < 1.29 is 4.92 Å². The van der Waals surface area contributed by atoms with Crippen LogP contribution in [-0.2, 0) is 5.41 Å². The van der Waals surface area contributed by atoms with Gasteiger partial charge in [-0.05, 0) is 29.9 Å². The van der Waals surface area contributed by atoms with Gasteiger partial charge in [-0.2, -0.15) is 0 Å². The van der Waals surface area contributed by atoms with Gasteiger partial charge in [0.15, 0.2) is 0 Å². The van der Waals surface area contributed by atoms with Crippen LogP contribution in [0.2, 0.25) is 0 Å². The summed E-state index contributed by atoms with van der Waals surface area (Å²) in [4.78, 5) is 10.5. The average Bonchev–Trinajstić information content (AvgIpc) is 2.82. The molecule has 1 unspecified atom stereocenters. The second-order valence-corrected chi connectivity index (χ2v) is 5.60. The van der Waals surface area contributed by atoms with Gasteiger partial charge < -0.3 is 5.73 Å². The van der Waals surface area contributed by atoms with E-state index in [0.29, 0.717) is 6.54 Å². The zero-order chi connectivity index (χ0) is 12.8. The Hall–Kier alpha value is -1.42. The molecule has 2 rings (SSSR count). The molecular weight excluding hydrogens is 216 g/mol. The van der Waals surface area contributed by atoms with Crippen molar-refractivity contribution in [2.75, 3.05) is 6.54 Å². The molecule has 17 heavy (non-hydrogen) atoms. The van der Waals surface area contributed by atoms with Gasteiger partial charge >= 0.3 is 0 Å². The molecule has 4 nitrogen and oxygen atoms in total. The van der Waals surface area contributed by atoms with E-state index in [1.54, 1.807) is 12.1 Å².